The molecule has 0 bridgehead atoms. The van der Waals surface area contributed by atoms with Gasteiger partial charge in [0.1, 0.15) is 0 Å². The zero-order valence-electron chi connectivity index (χ0n) is 7.51. The Bertz CT molecular complexity index is 126. The van der Waals surface area contributed by atoms with Crippen LogP contribution in [0.1, 0.15) is 6.92 Å². The molecule has 0 aromatic carbocycles. The molecule has 0 aromatic rings. The molecule has 0 spiro atoms. The fourth-order valence-corrected chi connectivity index (χ4v) is 1.56. The van der Waals surface area contributed by atoms with Gasteiger partial charge < -0.3 is 0 Å². The Morgan fingerprint density at radius 2 is 1.90 bits per heavy atom. The summed E-state index contributed by atoms with van der Waals surface area (Å²) in [6, 6.07) is 0. The van der Waals surface area contributed by atoms with Crippen molar-refractivity contribution in [2.75, 3.05) is 33.9 Å². The van der Waals surface area contributed by atoms with Crippen LogP contribution < -0.4 is 0 Å². The third-order valence-corrected chi connectivity index (χ3v) is 2.32. The average Bonchev–Trinajstić information content (AvgIpc) is 1.81. The maximum absolute atomic E-state index is 2.16. The summed E-state index contributed by atoms with van der Waals surface area (Å²) in [5, 5.41) is 1.31. The monoisotopic (exact) mass is 161 g/mol. The van der Waals surface area contributed by atoms with E-state index >= 15 is 0 Å². The van der Waals surface area contributed by atoms with Crippen LogP contribution in [0.25, 0.3) is 0 Å². The highest BCUT2D eigenvalue weighted by Gasteiger charge is 2.09. The first-order valence-corrected chi connectivity index (χ1v) is 4.42. The molecule has 0 aliphatic heterocycles. The molecule has 0 aromatic heterocycles. The first-order valence-electron chi connectivity index (χ1n) is 3.44. The van der Waals surface area contributed by atoms with Gasteiger partial charge in [0.2, 0.25) is 0 Å². The number of nitrogens with zero attached hydrogens (tertiary/aromatic N) is 2. The van der Waals surface area contributed by atoms with Gasteiger partial charge >= 0.3 is 5.17 Å². The van der Waals surface area contributed by atoms with Crippen molar-refractivity contribution in [1.29, 1.82) is 0 Å². The Labute approximate surface area is 67.9 Å². The summed E-state index contributed by atoms with van der Waals surface area (Å²) in [4.78, 5) is 2.13. The van der Waals surface area contributed by atoms with Gasteiger partial charge in [-0.2, -0.15) is 0 Å². The summed E-state index contributed by atoms with van der Waals surface area (Å²) >= 11 is 1.86. The zero-order chi connectivity index (χ0) is 8.15. The average molecular weight is 161 g/mol. The molecule has 0 N–H and O–H groups in total. The summed E-state index contributed by atoms with van der Waals surface area (Å²) in [5.41, 5.74) is 0. The third-order valence-electron chi connectivity index (χ3n) is 1.04. The van der Waals surface area contributed by atoms with E-state index in [-0.39, 0.29) is 0 Å². The topological polar surface area (TPSA) is 6.25 Å². The van der Waals surface area contributed by atoms with Crippen LogP contribution in [0.2, 0.25) is 0 Å². The van der Waals surface area contributed by atoms with Crippen molar-refractivity contribution in [2.24, 2.45) is 0 Å². The molecule has 0 radical (unpaired) electrons. The van der Waals surface area contributed by atoms with Crippen molar-refractivity contribution < 1.29 is 4.58 Å². The lowest BCUT2D eigenvalue weighted by atomic mass is 10.9. The van der Waals surface area contributed by atoms with Crippen LogP contribution in [0.4, 0.5) is 0 Å². The molecule has 0 atom stereocenters. The van der Waals surface area contributed by atoms with E-state index in [2.05, 4.69) is 44.6 Å². The summed E-state index contributed by atoms with van der Waals surface area (Å²) in [6.07, 6.45) is 0. The van der Waals surface area contributed by atoms with E-state index in [1.165, 1.54) is 5.17 Å². The molecule has 2 nitrogen and oxygen atoms in total. The minimum absolute atomic E-state index is 1.13. The number of amidine groups is 1. The largest absolute Gasteiger partial charge is 0.307 e. The van der Waals surface area contributed by atoms with Crippen LogP contribution in [-0.4, -0.2) is 48.6 Å². The van der Waals surface area contributed by atoms with Crippen LogP contribution >= 0.6 is 11.8 Å². The number of thioether (sulfide) groups is 1. The van der Waals surface area contributed by atoms with Gasteiger partial charge in [0.25, 0.3) is 0 Å². The van der Waals surface area contributed by atoms with Gasteiger partial charge in [-0.15, -0.1) is 0 Å². The molecule has 0 rings (SSSR count). The van der Waals surface area contributed by atoms with E-state index in [0.29, 0.717) is 0 Å². The normalized spacial score (nSPS) is 9.30. The second kappa shape index (κ2) is 4.61. The highest BCUT2D eigenvalue weighted by molar-refractivity contribution is 8.13. The predicted octanol–water partition coefficient (Wildman–Crippen LogP) is 0.929. The minimum Gasteiger partial charge on any atom is -0.262 e. The Balaban J connectivity index is 4.13. The molecule has 0 aliphatic carbocycles. The van der Waals surface area contributed by atoms with Crippen LogP contribution in [0, 0.1) is 0 Å². The second-order valence-electron chi connectivity index (χ2n) is 2.50. The third kappa shape index (κ3) is 3.11. The van der Waals surface area contributed by atoms with Gasteiger partial charge in [-0.05, 0) is 11.8 Å². The van der Waals surface area contributed by atoms with Crippen LogP contribution in [-0.2, 0) is 0 Å². The van der Waals surface area contributed by atoms with Crippen molar-refractivity contribution >= 4 is 16.9 Å². The quantitative estimate of drug-likeness (QED) is 0.321. The van der Waals surface area contributed by atoms with Crippen LogP contribution in [0.3, 0.4) is 0 Å². The summed E-state index contributed by atoms with van der Waals surface area (Å²) in [7, 11) is 8.27. The van der Waals surface area contributed by atoms with Crippen molar-refractivity contribution in [2.45, 2.75) is 6.92 Å². The van der Waals surface area contributed by atoms with E-state index < -0.39 is 0 Å². The van der Waals surface area contributed by atoms with Gasteiger partial charge in [0.15, 0.2) is 0 Å². The van der Waals surface area contributed by atoms with Gasteiger partial charge in [-0.1, -0.05) is 6.92 Å². The highest BCUT2D eigenvalue weighted by atomic mass is 32.2. The minimum atomic E-state index is 1.13. The van der Waals surface area contributed by atoms with E-state index in [4.69, 9.17) is 0 Å². The molecule has 3 heteroatoms. The molecule has 0 heterocycles. The van der Waals surface area contributed by atoms with E-state index in [9.17, 15) is 0 Å². The summed E-state index contributed by atoms with van der Waals surface area (Å²) < 4.78 is 2.13. The fraction of sp³-hybridized carbons (Fsp3) is 0.857. The van der Waals surface area contributed by atoms with Gasteiger partial charge in [-0.25, -0.2) is 0 Å². The Kier molecular flexibility index (Phi) is 4.52. The molecule has 10 heavy (non-hydrogen) atoms. The van der Waals surface area contributed by atoms with E-state index in [0.717, 1.165) is 5.75 Å². The SMILES string of the molecule is CCSC(N(C)C)=[N+](C)C. The molecule has 60 valence electrons. The van der Waals surface area contributed by atoms with Crippen molar-refractivity contribution in [1.82, 2.24) is 4.90 Å². The standard InChI is InChI=1S/C7H17N2S/c1-6-10-7(8(2)3)9(4)5/h6H2,1-5H3/q+1. The molecule has 0 aliphatic rings. The van der Waals surface area contributed by atoms with Crippen molar-refractivity contribution in [3.63, 3.8) is 0 Å². The van der Waals surface area contributed by atoms with Crippen molar-refractivity contribution in [3.8, 4) is 0 Å². The zero-order valence-corrected chi connectivity index (χ0v) is 8.33. The summed E-state index contributed by atoms with van der Waals surface area (Å²) in [6.45, 7) is 2.16. The lowest BCUT2D eigenvalue weighted by Crippen LogP contribution is -2.26. The van der Waals surface area contributed by atoms with Gasteiger partial charge in [0.05, 0.1) is 28.2 Å². The first-order chi connectivity index (χ1) is 4.59. The van der Waals surface area contributed by atoms with Crippen molar-refractivity contribution in [3.05, 3.63) is 0 Å². The van der Waals surface area contributed by atoms with Gasteiger partial charge in [-0.3, -0.25) is 9.48 Å². The Hall–Kier alpha value is -0.180. The highest BCUT2D eigenvalue weighted by Crippen LogP contribution is 2.03. The predicted molar refractivity (Wildman–Crippen MR) is 48.9 cm³/mol. The maximum Gasteiger partial charge on any atom is 0.307 e. The second-order valence-corrected chi connectivity index (χ2v) is 3.74. The Morgan fingerprint density at radius 3 is 2.00 bits per heavy atom. The molecular formula is C7H17N2S+. The fourth-order valence-electron chi connectivity index (χ4n) is 0.787. The molecule has 0 saturated carbocycles. The number of hydrogen-bond donors (Lipinski definition) is 0. The lowest BCUT2D eigenvalue weighted by molar-refractivity contribution is -0.466. The number of hydrogen-bond acceptors (Lipinski definition) is 1. The summed E-state index contributed by atoms with van der Waals surface area (Å²) in [5.74, 6) is 1.13. The van der Waals surface area contributed by atoms with Gasteiger partial charge in [0, 0.05) is 5.75 Å². The molecule has 0 amide bonds. The first kappa shape index (κ1) is 9.82. The lowest BCUT2D eigenvalue weighted by Gasteiger charge is -2.08. The number of rotatable bonds is 1. The Morgan fingerprint density at radius 1 is 1.40 bits per heavy atom. The van der Waals surface area contributed by atoms with Crippen LogP contribution in [0.15, 0.2) is 0 Å². The van der Waals surface area contributed by atoms with Crippen LogP contribution in [0.5, 0.6) is 0 Å². The molecule has 0 fully saturated rings. The molecule has 0 saturated heterocycles. The molecule has 0 unspecified atom stereocenters. The van der Waals surface area contributed by atoms with E-state index in [1.807, 2.05) is 11.8 Å². The maximum atomic E-state index is 2.16. The smallest absolute Gasteiger partial charge is 0.262 e. The molecular weight excluding hydrogens is 144 g/mol. The van der Waals surface area contributed by atoms with E-state index in [1.54, 1.807) is 0 Å².